The molecule has 2 aromatic heterocycles. The molecule has 3 heterocycles. The number of carbonyl (C=O) groups is 2. The van der Waals surface area contributed by atoms with E-state index >= 15 is 0 Å². The molecule has 0 radical (unpaired) electrons. The van der Waals surface area contributed by atoms with Gasteiger partial charge in [0, 0.05) is 6.54 Å². The fourth-order valence-corrected chi connectivity index (χ4v) is 2.77. The smallest absolute Gasteiger partial charge is 0.326 e. The molecule has 1 aliphatic rings. The zero-order valence-corrected chi connectivity index (χ0v) is 12.2. The molecule has 1 N–H and O–H groups in total. The number of carbonyl (C=O) groups excluding carboxylic acids is 1. The van der Waals surface area contributed by atoms with Crippen molar-refractivity contribution >= 4 is 11.9 Å². The molecule has 0 saturated carbocycles. The van der Waals surface area contributed by atoms with Crippen molar-refractivity contribution in [2.75, 3.05) is 6.54 Å². The van der Waals surface area contributed by atoms with Gasteiger partial charge in [-0.15, -0.1) is 0 Å². The van der Waals surface area contributed by atoms with Crippen LogP contribution in [0.5, 0.6) is 0 Å². The second-order valence-electron chi connectivity index (χ2n) is 5.30. The normalized spacial score (nSPS) is 17.7. The van der Waals surface area contributed by atoms with Gasteiger partial charge in [-0.25, -0.2) is 9.78 Å². The predicted octanol–water partition coefficient (Wildman–Crippen LogP) is 2.34. The van der Waals surface area contributed by atoms with Crippen LogP contribution in [-0.4, -0.2) is 39.5 Å². The highest BCUT2D eigenvalue weighted by atomic mass is 16.4. The number of hydrogen-bond donors (Lipinski definition) is 1. The Kier molecular flexibility index (Phi) is 3.66. The van der Waals surface area contributed by atoms with Gasteiger partial charge in [-0.05, 0) is 44.0 Å². The minimum Gasteiger partial charge on any atom is -0.480 e. The first kappa shape index (κ1) is 14.3. The Bertz CT molecular complexity index is 709. The highest BCUT2D eigenvalue weighted by Crippen LogP contribution is 2.24. The van der Waals surface area contributed by atoms with Gasteiger partial charge in [0.25, 0.3) is 5.91 Å². The summed E-state index contributed by atoms with van der Waals surface area (Å²) < 4.78 is 5.29. The SMILES string of the molecule is Cc1nc(-c2ccco2)ccc1C(=O)N1CCCC1C(=O)O. The maximum absolute atomic E-state index is 12.6. The predicted molar refractivity (Wildman–Crippen MR) is 78.4 cm³/mol. The van der Waals surface area contributed by atoms with Gasteiger partial charge in [-0.2, -0.15) is 0 Å². The van der Waals surface area contributed by atoms with Gasteiger partial charge in [-0.3, -0.25) is 4.79 Å². The van der Waals surface area contributed by atoms with Gasteiger partial charge in [-0.1, -0.05) is 0 Å². The van der Waals surface area contributed by atoms with Crippen LogP contribution in [0.15, 0.2) is 34.9 Å². The van der Waals surface area contributed by atoms with Crippen molar-refractivity contribution in [2.45, 2.75) is 25.8 Å². The minimum atomic E-state index is -0.955. The van der Waals surface area contributed by atoms with E-state index in [9.17, 15) is 14.7 Å². The molecule has 0 aromatic carbocycles. The number of hydrogen-bond acceptors (Lipinski definition) is 4. The number of carboxylic acid groups (broad SMARTS) is 1. The van der Waals surface area contributed by atoms with Crippen molar-refractivity contribution < 1.29 is 19.1 Å². The molecule has 0 bridgehead atoms. The van der Waals surface area contributed by atoms with Gasteiger partial charge in [0.15, 0.2) is 5.76 Å². The van der Waals surface area contributed by atoms with Gasteiger partial charge >= 0.3 is 5.97 Å². The zero-order valence-electron chi connectivity index (χ0n) is 12.2. The third-order valence-electron chi connectivity index (χ3n) is 3.89. The molecule has 0 aliphatic carbocycles. The lowest BCUT2D eigenvalue weighted by molar-refractivity contribution is -0.141. The number of likely N-dealkylation sites (tertiary alicyclic amines) is 1. The number of aryl methyl sites for hydroxylation is 1. The van der Waals surface area contributed by atoms with Crippen LogP contribution >= 0.6 is 0 Å². The van der Waals surface area contributed by atoms with E-state index < -0.39 is 12.0 Å². The highest BCUT2D eigenvalue weighted by molar-refractivity contribution is 5.98. The molecule has 2 aromatic rings. The summed E-state index contributed by atoms with van der Waals surface area (Å²) in [7, 11) is 0. The number of aromatic nitrogens is 1. The summed E-state index contributed by atoms with van der Waals surface area (Å²) in [6, 6.07) is 6.22. The number of nitrogens with zero attached hydrogens (tertiary/aromatic N) is 2. The van der Waals surface area contributed by atoms with E-state index in [0.717, 1.165) is 0 Å². The summed E-state index contributed by atoms with van der Waals surface area (Å²) in [4.78, 5) is 29.6. The number of furan rings is 1. The van der Waals surface area contributed by atoms with Crippen LogP contribution in [0.25, 0.3) is 11.5 Å². The lowest BCUT2D eigenvalue weighted by atomic mass is 10.1. The first-order valence-electron chi connectivity index (χ1n) is 7.13. The summed E-state index contributed by atoms with van der Waals surface area (Å²) in [5.41, 5.74) is 1.65. The van der Waals surface area contributed by atoms with E-state index in [1.165, 1.54) is 4.90 Å². The Hall–Kier alpha value is -2.63. The van der Waals surface area contributed by atoms with E-state index in [1.807, 2.05) is 0 Å². The van der Waals surface area contributed by atoms with Crippen molar-refractivity contribution in [1.29, 1.82) is 0 Å². The molecule has 1 unspecified atom stereocenters. The lowest BCUT2D eigenvalue weighted by Crippen LogP contribution is -2.40. The van der Waals surface area contributed by atoms with Crippen molar-refractivity contribution in [1.82, 2.24) is 9.88 Å². The number of rotatable bonds is 3. The first-order chi connectivity index (χ1) is 10.6. The number of aliphatic carboxylic acids is 1. The van der Waals surface area contributed by atoms with E-state index in [2.05, 4.69) is 4.98 Å². The van der Waals surface area contributed by atoms with Crippen LogP contribution in [0.2, 0.25) is 0 Å². The minimum absolute atomic E-state index is 0.277. The van der Waals surface area contributed by atoms with Crippen LogP contribution < -0.4 is 0 Å². The van der Waals surface area contributed by atoms with Crippen LogP contribution in [-0.2, 0) is 4.79 Å². The quantitative estimate of drug-likeness (QED) is 0.940. The van der Waals surface area contributed by atoms with Crippen LogP contribution in [0.1, 0.15) is 28.9 Å². The Labute approximate surface area is 127 Å². The van der Waals surface area contributed by atoms with Crippen molar-refractivity contribution in [3.63, 3.8) is 0 Å². The molecule has 1 aliphatic heterocycles. The van der Waals surface area contributed by atoms with Gasteiger partial charge < -0.3 is 14.4 Å². The van der Waals surface area contributed by atoms with Gasteiger partial charge in [0.2, 0.25) is 0 Å². The summed E-state index contributed by atoms with van der Waals surface area (Å²) in [5, 5.41) is 9.20. The monoisotopic (exact) mass is 300 g/mol. The number of pyridine rings is 1. The van der Waals surface area contributed by atoms with Crippen LogP contribution in [0.4, 0.5) is 0 Å². The Morgan fingerprint density at radius 3 is 2.82 bits per heavy atom. The second-order valence-corrected chi connectivity index (χ2v) is 5.30. The van der Waals surface area contributed by atoms with Gasteiger partial charge in [0.1, 0.15) is 11.7 Å². The summed E-state index contributed by atoms with van der Waals surface area (Å²) in [5.74, 6) is -0.601. The Morgan fingerprint density at radius 2 is 2.18 bits per heavy atom. The summed E-state index contributed by atoms with van der Waals surface area (Å²) >= 11 is 0. The molecule has 3 rings (SSSR count). The number of carboxylic acids is 1. The highest BCUT2D eigenvalue weighted by Gasteiger charge is 2.35. The molecule has 1 fully saturated rings. The van der Waals surface area contributed by atoms with E-state index in [0.29, 0.717) is 42.1 Å². The van der Waals surface area contributed by atoms with Gasteiger partial charge in [0.05, 0.1) is 17.5 Å². The van der Waals surface area contributed by atoms with Crippen LogP contribution in [0.3, 0.4) is 0 Å². The molecule has 114 valence electrons. The topological polar surface area (TPSA) is 83.6 Å². The average molecular weight is 300 g/mol. The fraction of sp³-hybridized carbons (Fsp3) is 0.312. The largest absolute Gasteiger partial charge is 0.480 e. The van der Waals surface area contributed by atoms with E-state index in [-0.39, 0.29) is 5.91 Å². The molecule has 0 spiro atoms. The standard InChI is InChI=1S/C16H16N2O4/c1-10-11(6-7-12(17-10)14-5-3-9-22-14)15(19)18-8-2-4-13(18)16(20)21/h3,5-7,9,13H,2,4,8H2,1H3,(H,20,21). The second kappa shape index (κ2) is 5.63. The number of amides is 1. The lowest BCUT2D eigenvalue weighted by Gasteiger charge is -2.22. The summed E-state index contributed by atoms with van der Waals surface area (Å²) in [6.45, 7) is 2.21. The third kappa shape index (κ3) is 2.47. The Balaban J connectivity index is 1.89. The molecular formula is C16H16N2O4. The molecule has 6 heteroatoms. The molecule has 1 atom stereocenters. The Morgan fingerprint density at radius 1 is 1.36 bits per heavy atom. The maximum atomic E-state index is 12.6. The molecule has 1 amide bonds. The van der Waals surface area contributed by atoms with Crippen LogP contribution in [0, 0.1) is 6.92 Å². The fourth-order valence-electron chi connectivity index (χ4n) is 2.77. The maximum Gasteiger partial charge on any atom is 0.326 e. The summed E-state index contributed by atoms with van der Waals surface area (Å²) in [6.07, 6.45) is 2.77. The van der Waals surface area contributed by atoms with Crippen molar-refractivity contribution in [2.24, 2.45) is 0 Å². The van der Waals surface area contributed by atoms with Crippen molar-refractivity contribution in [3.05, 3.63) is 41.8 Å². The third-order valence-corrected chi connectivity index (χ3v) is 3.89. The average Bonchev–Trinajstić information content (AvgIpc) is 3.17. The molecular weight excluding hydrogens is 284 g/mol. The first-order valence-corrected chi connectivity index (χ1v) is 7.13. The molecule has 22 heavy (non-hydrogen) atoms. The van der Waals surface area contributed by atoms with E-state index in [4.69, 9.17) is 4.42 Å². The molecule has 6 nitrogen and oxygen atoms in total. The molecule has 1 saturated heterocycles. The zero-order chi connectivity index (χ0) is 15.7. The van der Waals surface area contributed by atoms with E-state index in [1.54, 1.807) is 37.5 Å². The van der Waals surface area contributed by atoms with Crippen molar-refractivity contribution in [3.8, 4) is 11.5 Å².